The molecule has 0 aromatic heterocycles. The zero-order valence-electron chi connectivity index (χ0n) is 15.7. The summed E-state index contributed by atoms with van der Waals surface area (Å²) in [7, 11) is -4.14. The molecule has 29 heavy (non-hydrogen) atoms. The van der Waals surface area contributed by atoms with Crippen molar-refractivity contribution in [2.24, 2.45) is 4.99 Å². The fraction of sp³-hybridized carbons (Fsp3) is 0.300. The molecule has 0 radical (unpaired) electrons. The smallest absolute Gasteiger partial charge is 0.300 e. The number of alkyl halides is 3. The van der Waals surface area contributed by atoms with E-state index < -0.39 is 37.9 Å². The summed E-state index contributed by atoms with van der Waals surface area (Å²) in [6, 6.07) is 11.2. The van der Waals surface area contributed by atoms with Gasteiger partial charge in [0.05, 0.1) is 11.3 Å². The zero-order valence-corrected chi connectivity index (χ0v) is 16.5. The normalized spacial score (nSPS) is 20.3. The van der Waals surface area contributed by atoms with Gasteiger partial charge in [0, 0.05) is 0 Å². The molecule has 1 aliphatic heterocycles. The van der Waals surface area contributed by atoms with E-state index in [1.54, 1.807) is 12.1 Å². The maximum atomic E-state index is 12.9. The van der Waals surface area contributed by atoms with Crippen molar-refractivity contribution >= 4 is 26.6 Å². The number of nitrogens with one attached hydrogen (secondary N) is 1. The molecule has 2 aromatic carbocycles. The molecule has 1 N–H and O–H groups in total. The zero-order chi connectivity index (χ0) is 21.4. The van der Waals surface area contributed by atoms with Crippen molar-refractivity contribution in [3.05, 3.63) is 65.2 Å². The van der Waals surface area contributed by atoms with Gasteiger partial charge in [-0.05, 0) is 41.7 Å². The van der Waals surface area contributed by atoms with Crippen LogP contribution in [0.1, 0.15) is 36.5 Å². The van der Waals surface area contributed by atoms with Gasteiger partial charge in [-0.3, -0.25) is 10.1 Å². The topological polar surface area (TPSA) is 75.6 Å². The summed E-state index contributed by atoms with van der Waals surface area (Å²) < 4.78 is 64.1. The number of carbonyl (C=O) groups is 1. The molecule has 1 amide bonds. The Kier molecular flexibility index (Phi) is 5.53. The number of carbonyl (C=O) groups excluding carboxylic acids is 1. The molecule has 0 spiro atoms. The summed E-state index contributed by atoms with van der Waals surface area (Å²) in [5.74, 6) is -0.511. The van der Waals surface area contributed by atoms with Crippen LogP contribution < -0.4 is 5.32 Å². The van der Waals surface area contributed by atoms with Gasteiger partial charge in [0.25, 0.3) is 0 Å². The van der Waals surface area contributed by atoms with Crippen LogP contribution in [0.15, 0.2) is 53.5 Å². The Bertz CT molecular complexity index is 1060. The molecular weight excluding hydrogens is 405 g/mol. The van der Waals surface area contributed by atoms with Gasteiger partial charge in [0.15, 0.2) is 5.25 Å². The van der Waals surface area contributed by atoms with Crippen molar-refractivity contribution in [3.8, 4) is 0 Å². The van der Waals surface area contributed by atoms with E-state index in [9.17, 15) is 26.4 Å². The summed E-state index contributed by atoms with van der Waals surface area (Å²) in [6.45, 7) is 4.03. The maximum absolute atomic E-state index is 12.9. The van der Waals surface area contributed by atoms with Crippen LogP contribution in [0.5, 0.6) is 0 Å². The number of hydrogen-bond donors (Lipinski definition) is 1. The molecule has 3 rings (SSSR count). The minimum atomic E-state index is -4.55. The maximum Gasteiger partial charge on any atom is 0.416 e. The molecule has 1 fully saturated rings. The molecule has 9 heteroatoms. The quantitative estimate of drug-likeness (QED) is 0.807. The molecule has 0 aliphatic carbocycles. The van der Waals surface area contributed by atoms with Gasteiger partial charge in [0.2, 0.25) is 20.9 Å². The van der Waals surface area contributed by atoms with E-state index in [1.165, 1.54) is 12.1 Å². The third kappa shape index (κ3) is 4.50. The van der Waals surface area contributed by atoms with E-state index in [4.69, 9.17) is 0 Å². The highest BCUT2D eigenvalue weighted by atomic mass is 32.2. The van der Waals surface area contributed by atoms with Crippen molar-refractivity contribution in [2.75, 3.05) is 0 Å². The fourth-order valence-electron chi connectivity index (χ4n) is 2.97. The lowest BCUT2D eigenvalue weighted by Crippen LogP contribution is -2.27. The number of amides is 1. The summed E-state index contributed by atoms with van der Waals surface area (Å²) >= 11 is 0. The summed E-state index contributed by atoms with van der Waals surface area (Å²) in [5, 5.41) is 0.229. The predicted octanol–water partition coefficient (Wildman–Crippen LogP) is 3.97. The van der Waals surface area contributed by atoms with Gasteiger partial charge in [0.1, 0.15) is 0 Å². The first-order chi connectivity index (χ1) is 13.5. The summed E-state index contributed by atoms with van der Waals surface area (Å²) in [5.41, 5.74) is 0.610. The first-order valence-electron chi connectivity index (χ1n) is 8.88. The number of halogens is 3. The monoisotopic (exact) mass is 424 g/mol. The fourth-order valence-corrected chi connectivity index (χ4v) is 4.46. The second kappa shape index (κ2) is 7.62. The van der Waals surface area contributed by atoms with Gasteiger partial charge >= 0.3 is 6.18 Å². The molecule has 1 atom stereocenters. The third-order valence-electron chi connectivity index (χ3n) is 4.63. The summed E-state index contributed by atoms with van der Waals surface area (Å²) in [4.78, 5) is 16.3. The van der Waals surface area contributed by atoms with Crippen molar-refractivity contribution < 1.29 is 26.4 Å². The molecule has 0 saturated carbocycles. The highest BCUT2D eigenvalue weighted by molar-refractivity contribution is 8.08. The van der Waals surface area contributed by atoms with Gasteiger partial charge in [-0.2, -0.15) is 13.2 Å². The average Bonchev–Trinajstić information content (AvgIpc) is 2.85. The number of nitrogens with zero attached hydrogens (tertiary/aromatic N) is 1. The molecule has 154 valence electrons. The van der Waals surface area contributed by atoms with Gasteiger partial charge in [-0.25, -0.2) is 13.4 Å². The van der Waals surface area contributed by atoms with E-state index in [-0.39, 0.29) is 12.0 Å². The van der Waals surface area contributed by atoms with E-state index in [0.717, 1.165) is 17.7 Å². The standard InChI is InChI=1S/C20H19F3N2O3S/c1-12(2)14-6-8-16(9-7-14)24-19-25-18(26)17(29(19,27)28)11-13-4-3-5-15(10-13)20(21,22)23/h3-10,12,17H,11H2,1-2H3,(H,24,25,26). The first kappa shape index (κ1) is 21.0. The SMILES string of the molecule is CC(C)c1ccc(/N=C2\NC(=O)C(Cc3cccc(C(F)(F)F)c3)S2(=O)=O)cc1. The Balaban J connectivity index is 1.87. The Morgan fingerprint density at radius 3 is 2.34 bits per heavy atom. The predicted molar refractivity (Wildman–Crippen MR) is 104 cm³/mol. The van der Waals surface area contributed by atoms with Crippen LogP contribution >= 0.6 is 0 Å². The Hall–Kier alpha value is -2.68. The Labute approximate surface area is 166 Å². The molecule has 2 aromatic rings. The number of benzene rings is 2. The van der Waals surface area contributed by atoms with Crippen molar-refractivity contribution in [2.45, 2.75) is 37.6 Å². The van der Waals surface area contributed by atoms with Crippen LogP contribution in [0.2, 0.25) is 0 Å². The second-order valence-electron chi connectivity index (χ2n) is 7.09. The molecular formula is C20H19F3N2O3S. The molecule has 1 saturated heterocycles. The Morgan fingerprint density at radius 1 is 1.10 bits per heavy atom. The van der Waals surface area contributed by atoms with Crippen LogP contribution in [0.3, 0.4) is 0 Å². The van der Waals surface area contributed by atoms with E-state index >= 15 is 0 Å². The van der Waals surface area contributed by atoms with E-state index in [1.807, 2.05) is 26.0 Å². The van der Waals surface area contributed by atoms with Crippen molar-refractivity contribution in [3.63, 3.8) is 0 Å². The second-order valence-corrected chi connectivity index (χ2v) is 9.13. The number of aliphatic imine (C=N–C) groups is 1. The lowest BCUT2D eigenvalue weighted by atomic mass is 10.0. The third-order valence-corrected chi connectivity index (χ3v) is 6.49. The van der Waals surface area contributed by atoms with Crippen LogP contribution in [0.25, 0.3) is 0 Å². The number of amidine groups is 1. The molecule has 1 unspecified atom stereocenters. The highest BCUT2D eigenvalue weighted by Gasteiger charge is 2.45. The minimum Gasteiger partial charge on any atom is -0.300 e. The van der Waals surface area contributed by atoms with E-state index in [0.29, 0.717) is 11.6 Å². The van der Waals surface area contributed by atoms with Crippen molar-refractivity contribution in [1.82, 2.24) is 5.32 Å². The first-order valence-corrected chi connectivity index (χ1v) is 10.4. The number of hydrogen-bond acceptors (Lipinski definition) is 4. The largest absolute Gasteiger partial charge is 0.416 e. The summed E-state index contributed by atoms with van der Waals surface area (Å²) in [6.07, 6.45) is -4.93. The van der Waals surface area contributed by atoms with Crippen LogP contribution in [0.4, 0.5) is 18.9 Å². The van der Waals surface area contributed by atoms with Crippen LogP contribution in [-0.2, 0) is 27.2 Å². The van der Waals surface area contributed by atoms with Crippen LogP contribution in [-0.4, -0.2) is 24.7 Å². The number of rotatable bonds is 4. The average molecular weight is 424 g/mol. The number of sulfone groups is 1. The van der Waals surface area contributed by atoms with Gasteiger partial charge in [-0.1, -0.05) is 44.2 Å². The Morgan fingerprint density at radius 2 is 1.76 bits per heavy atom. The van der Waals surface area contributed by atoms with Crippen molar-refractivity contribution in [1.29, 1.82) is 0 Å². The van der Waals surface area contributed by atoms with Gasteiger partial charge < -0.3 is 0 Å². The van der Waals surface area contributed by atoms with Crippen LogP contribution in [0, 0.1) is 0 Å². The molecule has 1 aliphatic rings. The minimum absolute atomic E-state index is 0.103. The lowest BCUT2D eigenvalue weighted by molar-refractivity contribution is -0.137. The molecule has 5 nitrogen and oxygen atoms in total. The highest BCUT2D eigenvalue weighted by Crippen LogP contribution is 2.30. The lowest BCUT2D eigenvalue weighted by Gasteiger charge is -2.10. The van der Waals surface area contributed by atoms with E-state index in [2.05, 4.69) is 10.3 Å². The van der Waals surface area contributed by atoms with Gasteiger partial charge in [-0.15, -0.1) is 0 Å². The molecule has 1 heterocycles. The molecule has 0 bridgehead atoms.